The van der Waals surface area contributed by atoms with E-state index in [4.69, 9.17) is 4.74 Å². The lowest BCUT2D eigenvalue weighted by Crippen LogP contribution is -2.61. The van der Waals surface area contributed by atoms with Crippen LogP contribution in [0.3, 0.4) is 0 Å². The van der Waals surface area contributed by atoms with Gasteiger partial charge in [-0.2, -0.15) is 0 Å². The van der Waals surface area contributed by atoms with E-state index in [-0.39, 0.29) is 17.9 Å². The van der Waals surface area contributed by atoms with Gasteiger partial charge < -0.3 is 19.9 Å². The molecule has 2 atom stereocenters. The Hall–Kier alpha value is -2.57. The number of para-hydroxylation sites is 2. The second kappa shape index (κ2) is 9.92. The molecule has 2 fully saturated rings. The van der Waals surface area contributed by atoms with Gasteiger partial charge in [-0.15, -0.1) is 0 Å². The average molecular weight is 435 g/mol. The molecule has 2 saturated heterocycles. The van der Waals surface area contributed by atoms with E-state index in [0.717, 1.165) is 71.9 Å². The van der Waals surface area contributed by atoms with Crippen molar-refractivity contribution in [2.75, 3.05) is 68.8 Å². The Bertz CT molecular complexity index is 900. The Morgan fingerprint density at radius 2 is 1.75 bits per heavy atom. The molecule has 2 aromatic carbocycles. The number of carbonyl (C=O) groups excluding carboxylic acids is 1. The summed E-state index contributed by atoms with van der Waals surface area (Å²) in [5.41, 5.74) is 3.85. The molecule has 0 saturated carbocycles. The van der Waals surface area contributed by atoms with E-state index in [2.05, 4.69) is 74.6 Å². The molecular weight excluding hydrogens is 400 g/mol. The number of ether oxygens (including phenoxy) is 1. The Morgan fingerprint density at radius 1 is 0.969 bits per heavy atom. The second-order valence-electron chi connectivity index (χ2n) is 9.08. The van der Waals surface area contributed by atoms with Crippen LogP contribution in [0.4, 0.5) is 11.4 Å². The molecular formula is C26H34N4O2. The largest absolute Gasteiger partial charge is 0.379 e. The number of nitrogens with one attached hydrogen (secondary N) is 1. The van der Waals surface area contributed by atoms with Crippen LogP contribution in [0.25, 0.3) is 0 Å². The van der Waals surface area contributed by atoms with Crippen LogP contribution >= 0.6 is 0 Å². The average Bonchev–Trinajstić information content (AvgIpc) is 2.87. The van der Waals surface area contributed by atoms with Gasteiger partial charge >= 0.3 is 0 Å². The Balaban J connectivity index is 1.26. The van der Waals surface area contributed by atoms with Crippen LogP contribution in [-0.2, 0) is 16.0 Å². The number of piperazine rings is 1. The standard InChI is InChI=1S/C26H34N4O2/c31-26(27-11-6-12-28-15-17-32-18-16-28)23-19-21-7-4-5-10-24(21)30-14-13-29(20-25(23)30)22-8-2-1-3-9-22/h1-5,7-10,23,25H,6,11-20H2,(H,27,31)/t23-,25-/m0/s1. The minimum absolute atomic E-state index is 0.0280. The summed E-state index contributed by atoms with van der Waals surface area (Å²) < 4.78 is 5.42. The van der Waals surface area contributed by atoms with Gasteiger partial charge in [-0.3, -0.25) is 9.69 Å². The first-order chi connectivity index (χ1) is 15.8. The van der Waals surface area contributed by atoms with E-state index >= 15 is 0 Å². The highest BCUT2D eigenvalue weighted by atomic mass is 16.5. The molecule has 3 aliphatic rings. The topological polar surface area (TPSA) is 48.1 Å². The number of rotatable bonds is 6. The zero-order valence-corrected chi connectivity index (χ0v) is 18.8. The number of benzene rings is 2. The number of fused-ring (bicyclic) bond motifs is 3. The highest BCUT2D eigenvalue weighted by Crippen LogP contribution is 2.36. The summed E-state index contributed by atoms with van der Waals surface area (Å²) in [4.78, 5) is 20.7. The van der Waals surface area contributed by atoms with Crippen LogP contribution in [0.5, 0.6) is 0 Å². The fourth-order valence-electron chi connectivity index (χ4n) is 5.40. The van der Waals surface area contributed by atoms with Crippen molar-refractivity contribution >= 4 is 17.3 Å². The van der Waals surface area contributed by atoms with Gasteiger partial charge in [-0.05, 0) is 43.1 Å². The predicted molar refractivity (Wildman–Crippen MR) is 128 cm³/mol. The van der Waals surface area contributed by atoms with Gasteiger partial charge in [-0.25, -0.2) is 0 Å². The maximum absolute atomic E-state index is 13.4. The Kier molecular flexibility index (Phi) is 6.60. The molecule has 32 heavy (non-hydrogen) atoms. The first-order valence-electron chi connectivity index (χ1n) is 12.0. The van der Waals surface area contributed by atoms with Gasteiger partial charge in [0.25, 0.3) is 0 Å². The summed E-state index contributed by atoms with van der Waals surface area (Å²) in [6, 6.07) is 19.4. The lowest BCUT2D eigenvalue weighted by Gasteiger charge is -2.49. The van der Waals surface area contributed by atoms with Crippen LogP contribution in [0.2, 0.25) is 0 Å². The quantitative estimate of drug-likeness (QED) is 0.708. The summed E-state index contributed by atoms with van der Waals surface area (Å²) in [6.45, 7) is 8.20. The fourth-order valence-corrected chi connectivity index (χ4v) is 5.40. The molecule has 0 aliphatic carbocycles. The molecule has 5 rings (SSSR count). The Morgan fingerprint density at radius 3 is 2.59 bits per heavy atom. The van der Waals surface area contributed by atoms with Gasteiger partial charge in [0.1, 0.15) is 0 Å². The van der Waals surface area contributed by atoms with Crippen molar-refractivity contribution in [1.29, 1.82) is 0 Å². The van der Waals surface area contributed by atoms with Crippen LogP contribution in [0.1, 0.15) is 12.0 Å². The van der Waals surface area contributed by atoms with Crippen molar-refractivity contribution in [1.82, 2.24) is 10.2 Å². The number of morpholine rings is 1. The van der Waals surface area contributed by atoms with Crippen LogP contribution in [-0.4, -0.2) is 75.9 Å². The molecule has 3 aliphatic heterocycles. The summed E-state index contributed by atoms with van der Waals surface area (Å²) in [5.74, 6) is 0.172. The fraction of sp³-hybridized carbons (Fsp3) is 0.500. The first kappa shape index (κ1) is 21.3. The summed E-state index contributed by atoms with van der Waals surface area (Å²) in [7, 11) is 0. The number of hydrogen-bond acceptors (Lipinski definition) is 5. The van der Waals surface area contributed by atoms with Crippen molar-refractivity contribution in [3.63, 3.8) is 0 Å². The van der Waals surface area contributed by atoms with E-state index in [1.807, 2.05) is 0 Å². The van der Waals surface area contributed by atoms with E-state index in [1.54, 1.807) is 0 Å². The predicted octanol–water partition coefficient (Wildman–Crippen LogP) is 2.39. The van der Waals surface area contributed by atoms with Gasteiger partial charge in [0.2, 0.25) is 5.91 Å². The number of nitrogens with zero attached hydrogens (tertiary/aromatic N) is 3. The van der Waals surface area contributed by atoms with Crippen molar-refractivity contribution in [3.05, 3.63) is 60.2 Å². The number of amides is 1. The zero-order chi connectivity index (χ0) is 21.8. The van der Waals surface area contributed by atoms with Crippen molar-refractivity contribution in [3.8, 4) is 0 Å². The third-order valence-electron chi connectivity index (χ3n) is 7.14. The van der Waals surface area contributed by atoms with Gasteiger partial charge in [-0.1, -0.05) is 36.4 Å². The summed E-state index contributed by atoms with van der Waals surface area (Å²) >= 11 is 0. The monoisotopic (exact) mass is 434 g/mol. The molecule has 0 unspecified atom stereocenters. The molecule has 3 heterocycles. The molecule has 2 aromatic rings. The second-order valence-corrected chi connectivity index (χ2v) is 9.08. The minimum atomic E-state index is -0.0280. The first-order valence-corrected chi connectivity index (χ1v) is 12.0. The molecule has 0 aromatic heterocycles. The SMILES string of the molecule is O=C(NCCCN1CCOCC1)[C@H]1Cc2ccccc2N2CCN(c3ccccc3)C[C@@H]12. The maximum Gasteiger partial charge on any atom is 0.225 e. The number of hydrogen-bond donors (Lipinski definition) is 1. The van der Waals surface area contributed by atoms with E-state index < -0.39 is 0 Å². The maximum atomic E-state index is 13.4. The smallest absolute Gasteiger partial charge is 0.225 e. The molecule has 1 amide bonds. The number of carbonyl (C=O) groups is 1. The lowest BCUT2D eigenvalue weighted by molar-refractivity contribution is -0.125. The molecule has 1 N–H and O–H groups in total. The lowest BCUT2D eigenvalue weighted by atomic mass is 9.83. The molecule has 6 heteroatoms. The highest BCUT2D eigenvalue weighted by molar-refractivity contribution is 5.82. The number of anilines is 2. The highest BCUT2D eigenvalue weighted by Gasteiger charge is 2.41. The van der Waals surface area contributed by atoms with Gasteiger partial charge in [0.05, 0.1) is 25.2 Å². The molecule has 6 nitrogen and oxygen atoms in total. The third kappa shape index (κ3) is 4.62. The Labute approximate surface area is 191 Å². The van der Waals surface area contributed by atoms with Gasteiger partial charge in [0.15, 0.2) is 0 Å². The summed E-state index contributed by atoms with van der Waals surface area (Å²) in [6.07, 6.45) is 1.80. The van der Waals surface area contributed by atoms with Crippen LogP contribution in [0, 0.1) is 5.92 Å². The van der Waals surface area contributed by atoms with Crippen LogP contribution in [0.15, 0.2) is 54.6 Å². The van der Waals surface area contributed by atoms with Gasteiger partial charge in [0, 0.05) is 50.6 Å². The molecule has 0 spiro atoms. The zero-order valence-electron chi connectivity index (χ0n) is 18.8. The third-order valence-corrected chi connectivity index (χ3v) is 7.14. The van der Waals surface area contributed by atoms with E-state index in [1.165, 1.54) is 16.9 Å². The molecule has 0 radical (unpaired) electrons. The van der Waals surface area contributed by atoms with E-state index in [0.29, 0.717) is 0 Å². The van der Waals surface area contributed by atoms with E-state index in [9.17, 15) is 4.79 Å². The normalized spacial score (nSPS) is 23.4. The van der Waals surface area contributed by atoms with Crippen molar-refractivity contribution in [2.45, 2.75) is 18.9 Å². The molecule has 0 bridgehead atoms. The van der Waals surface area contributed by atoms with Crippen molar-refractivity contribution in [2.24, 2.45) is 5.92 Å². The van der Waals surface area contributed by atoms with Crippen molar-refractivity contribution < 1.29 is 9.53 Å². The molecule has 170 valence electrons. The minimum Gasteiger partial charge on any atom is -0.379 e. The summed E-state index contributed by atoms with van der Waals surface area (Å²) in [5, 5.41) is 3.27. The van der Waals surface area contributed by atoms with Crippen LogP contribution < -0.4 is 15.1 Å².